The number of nitrogens with zero attached hydrogens (tertiary/aromatic N) is 2. The molecule has 1 fully saturated rings. The summed E-state index contributed by atoms with van der Waals surface area (Å²) in [5, 5.41) is 10.4. The van der Waals surface area contributed by atoms with Gasteiger partial charge in [0.25, 0.3) is 0 Å². The predicted molar refractivity (Wildman–Crippen MR) is 105 cm³/mol. The molecule has 1 aromatic heterocycles. The van der Waals surface area contributed by atoms with E-state index in [0.29, 0.717) is 17.3 Å². The van der Waals surface area contributed by atoms with Gasteiger partial charge in [0.05, 0.1) is 11.6 Å². The van der Waals surface area contributed by atoms with E-state index in [-0.39, 0.29) is 18.2 Å². The molecule has 0 spiro atoms. The Kier molecular flexibility index (Phi) is 4.64. The highest BCUT2D eigenvalue weighted by molar-refractivity contribution is 6.30. The van der Waals surface area contributed by atoms with E-state index in [1.807, 2.05) is 30.3 Å². The smallest absolute Gasteiger partial charge is 0.229 e. The third-order valence-corrected chi connectivity index (χ3v) is 4.83. The highest BCUT2D eigenvalue weighted by atomic mass is 35.5. The molecule has 1 atom stereocenters. The molecule has 1 aliphatic rings. The van der Waals surface area contributed by atoms with E-state index in [4.69, 9.17) is 11.6 Å². The van der Waals surface area contributed by atoms with Crippen molar-refractivity contribution in [1.29, 1.82) is 0 Å². The van der Waals surface area contributed by atoms with Gasteiger partial charge in [-0.2, -0.15) is 5.10 Å². The van der Waals surface area contributed by atoms with Crippen molar-refractivity contribution >= 4 is 34.8 Å². The molecule has 1 aliphatic heterocycles. The maximum Gasteiger partial charge on any atom is 0.229 e. The highest BCUT2D eigenvalue weighted by Gasteiger charge is 2.35. The molecule has 2 N–H and O–H groups in total. The fraction of sp³-hybridized carbons (Fsp3) is 0.150. The van der Waals surface area contributed by atoms with Crippen molar-refractivity contribution in [2.75, 3.05) is 16.8 Å². The van der Waals surface area contributed by atoms with Crippen molar-refractivity contribution in [1.82, 2.24) is 10.2 Å². The van der Waals surface area contributed by atoms with Crippen LogP contribution >= 0.6 is 11.6 Å². The van der Waals surface area contributed by atoms with E-state index >= 15 is 0 Å². The Balaban J connectivity index is 1.45. The minimum atomic E-state index is -0.399. The maximum atomic E-state index is 12.7. The molecule has 0 aliphatic carbocycles. The standard InChI is InChI=1S/C20H17ClN4O2/c21-15-4-6-17(7-5-15)25-12-14(11-19(25)26)20(27)23-16-3-1-2-13(10-16)18-8-9-22-24-18/h1-10,14H,11-12H2,(H,22,24)(H,23,27). The van der Waals surface area contributed by atoms with Crippen LogP contribution in [-0.2, 0) is 9.59 Å². The number of hydrogen-bond donors (Lipinski definition) is 2. The first-order valence-corrected chi connectivity index (χ1v) is 8.94. The minimum absolute atomic E-state index is 0.0660. The zero-order valence-corrected chi connectivity index (χ0v) is 15.1. The molecular weight excluding hydrogens is 364 g/mol. The molecule has 4 rings (SSSR count). The Morgan fingerprint density at radius 2 is 2.00 bits per heavy atom. The van der Waals surface area contributed by atoms with Gasteiger partial charge in [-0.3, -0.25) is 14.7 Å². The molecule has 2 amide bonds. The van der Waals surface area contributed by atoms with Crippen molar-refractivity contribution in [2.45, 2.75) is 6.42 Å². The second-order valence-corrected chi connectivity index (χ2v) is 6.86. The molecule has 7 heteroatoms. The summed E-state index contributed by atoms with van der Waals surface area (Å²) in [6.45, 7) is 0.354. The van der Waals surface area contributed by atoms with Crippen LogP contribution in [0, 0.1) is 5.92 Å². The number of amides is 2. The van der Waals surface area contributed by atoms with Crippen molar-refractivity contribution in [3.8, 4) is 11.3 Å². The van der Waals surface area contributed by atoms with Gasteiger partial charge < -0.3 is 10.2 Å². The summed E-state index contributed by atoms with van der Waals surface area (Å²) in [5.74, 6) is -0.630. The zero-order valence-electron chi connectivity index (χ0n) is 14.4. The molecule has 2 heterocycles. The Bertz CT molecular complexity index is 970. The monoisotopic (exact) mass is 380 g/mol. The second-order valence-electron chi connectivity index (χ2n) is 6.42. The van der Waals surface area contributed by atoms with Crippen LogP contribution < -0.4 is 10.2 Å². The first-order chi connectivity index (χ1) is 13.1. The van der Waals surface area contributed by atoms with Gasteiger partial charge in [0.15, 0.2) is 0 Å². The van der Waals surface area contributed by atoms with Crippen molar-refractivity contribution in [3.63, 3.8) is 0 Å². The highest BCUT2D eigenvalue weighted by Crippen LogP contribution is 2.27. The number of halogens is 1. The van der Waals surface area contributed by atoms with Crippen LogP contribution in [0.25, 0.3) is 11.3 Å². The second kappa shape index (κ2) is 7.25. The fourth-order valence-corrected chi connectivity index (χ4v) is 3.31. The van der Waals surface area contributed by atoms with E-state index < -0.39 is 5.92 Å². The molecule has 0 bridgehead atoms. The largest absolute Gasteiger partial charge is 0.326 e. The summed E-state index contributed by atoms with van der Waals surface area (Å²) in [5.41, 5.74) is 3.23. The van der Waals surface area contributed by atoms with Gasteiger partial charge in [-0.05, 0) is 42.5 Å². The van der Waals surface area contributed by atoms with Gasteiger partial charge in [-0.1, -0.05) is 23.7 Å². The van der Waals surface area contributed by atoms with Gasteiger partial charge in [0.1, 0.15) is 0 Å². The van der Waals surface area contributed by atoms with Crippen molar-refractivity contribution < 1.29 is 9.59 Å². The lowest BCUT2D eigenvalue weighted by Gasteiger charge is -2.17. The predicted octanol–water partition coefficient (Wildman–Crippen LogP) is 3.72. The lowest BCUT2D eigenvalue weighted by Crippen LogP contribution is -2.28. The molecular formula is C20H17ClN4O2. The third-order valence-electron chi connectivity index (χ3n) is 4.58. The number of anilines is 2. The first kappa shape index (κ1) is 17.3. The first-order valence-electron chi connectivity index (χ1n) is 8.57. The van der Waals surface area contributed by atoms with Gasteiger partial charge in [-0.25, -0.2) is 0 Å². The summed E-state index contributed by atoms with van der Waals surface area (Å²) in [6, 6.07) is 16.4. The summed E-state index contributed by atoms with van der Waals surface area (Å²) >= 11 is 5.90. The molecule has 3 aromatic rings. The SMILES string of the molecule is O=C(Nc1cccc(-c2ccn[nH]2)c1)C1CC(=O)N(c2ccc(Cl)cc2)C1. The van der Waals surface area contributed by atoms with Crippen LogP contribution in [0.3, 0.4) is 0 Å². The number of aromatic nitrogens is 2. The number of nitrogens with one attached hydrogen (secondary N) is 2. The number of aromatic amines is 1. The minimum Gasteiger partial charge on any atom is -0.326 e. The Labute approximate surface area is 161 Å². The van der Waals surface area contributed by atoms with Crippen LogP contribution in [0.4, 0.5) is 11.4 Å². The quantitative estimate of drug-likeness (QED) is 0.724. The summed E-state index contributed by atoms with van der Waals surface area (Å²) < 4.78 is 0. The number of hydrogen-bond acceptors (Lipinski definition) is 3. The van der Waals surface area contributed by atoms with Crippen LogP contribution in [0.1, 0.15) is 6.42 Å². The average Bonchev–Trinajstić information content (AvgIpc) is 3.33. The Morgan fingerprint density at radius 1 is 1.19 bits per heavy atom. The Morgan fingerprint density at radius 3 is 2.74 bits per heavy atom. The molecule has 1 saturated heterocycles. The normalized spacial score (nSPS) is 16.6. The van der Waals surface area contributed by atoms with Gasteiger partial charge in [0.2, 0.25) is 11.8 Å². The fourth-order valence-electron chi connectivity index (χ4n) is 3.18. The number of benzene rings is 2. The molecule has 136 valence electrons. The van der Waals surface area contributed by atoms with Crippen LogP contribution in [0.2, 0.25) is 5.02 Å². The van der Waals surface area contributed by atoms with Gasteiger partial charge in [-0.15, -0.1) is 0 Å². The van der Waals surface area contributed by atoms with Crippen LogP contribution in [0.5, 0.6) is 0 Å². The number of H-pyrrole nitrogens is 1. The molecule has 27 heavy (non-hydrogen) atoms. The van der Waals surface area contributed by atoms with Crippen molar-refractivity contribution in [2.24, 2.45) is 5.92 Å². The maximum absolute atomic E-state index is 12.7. The molecule has 0 radical (unpaired) electrons. The topological polar surface area (TPSA) is 78.1 Å². The molecule has 0 saturated carbocycles. The van der Waals surface area contributed by atoms with Gasteiger partial charge in [0, 0.05) is 41.1 Å². The average molecular weight is 381 g/mol. The van der Waals surface area contributed by atoms with E-state index in [1.165, 1.54) is 0 Å². The lowest BCUT2D eigenvalue weighted by molar-refractivity contribution is -0.122. The third kappa shape index (κ3) is 3.71. The summed E-state index contributed by atoms with van der Waals surface area (Å²) in [7, 11) is 0. The lowest BCUT2D eigenvalue weighted by atomic mass is 10.1. The van der Waals surface area contributed by atoms with E-state index in [1.54, 1.807) is 35.4 Å². The van der Waals surface area contributed by atoms with Crippen molar-refractivity contribution in [3.05, 3.63) is 65.8 Å². The molecule has 6 nitrogen and oxygen atoms in total. The number of carbonyl (C=O) groups is 2. The van der Waals surface area contributed by atoms with E-state index in [0.717, 1.165) is 16.9 Å². The zero-order chi connectivity index (χ0) is 18.8. The van der Waals surface area contributed by atoms with Crippen LogP contribution in [-0.4, -0.2) is 28.6 Å². The summed E-state index contributed by atoms with van der Waals surface area (Å²) in [6.07, 6.45) is 1.87. The summed E-state index contributed by atoms with van der Waals surface area (Å²) in [4.78, 5) is 26.6. The van der Waals surface area contributed by atoms with E-state index in [9.17, 15) is 9.59 Å². The number of rotatable bonds is 4. The van der Waals surface area contributed by atoms with E-state index in [2.05, 4.69) is 15.5 Å². The Hall–Kier alpha value is -3.12. The number of carbonyl (C=O) groups excluding carboxylic acids is 2. The molecule has 2 aromatic carbocycles. The molecule has 1 unspecified atom stereocenters. The van der Waals surface area contributed by atoms with Crippen LogP contribution in [0.15, 0.2) is 60.8 Å². The van der Waals surface area contributed by atoms with Gasteiger partial charge >= 0.3 is 0 Å².